The molecule has 4 aromatic rings. The monoisotopic (exact) mass is 346 g/mol. The zero-order valence-corrected chi connectivity index (χ0v) is 14.8. The molecule has 4 rings (SSSR count). The molecule has 0 aliphatic rings. The maximum absolute atomic E-state index is 5.39. The highest BCUT2D eigenvalue weighted by atomic mass is 16.5. The Balaban J connectivity index is 1.82. The fraction of sp³-hybridized carbons (Fsp3) is 0.158. The summed E-state index contributed by atoms with van der Waals surface area (Å²) in [4.78, 5) is 4.03. The number of aromatic nitrogens is 6. The second-order valence-corrected chi connectivity index (χ2v) is 5.97. The van der Waals surface area contributed by atoms with Gasteiger partial charge in [0, 0.05) is 29.7 Å². The normalized spacial score (nSPS) is 10.9. The summed E-state index contributed by atoms with van der Waals surface area (Å²) < 4.78 is 9.11. The van der Waals surface area contributed by atoms with Crippen molar-refractivity contribution in [3.05, 3.63) is 66.5 Å². The van der Waals surface area contributed by atoms with Gasteiger partial charge in [0.05, 0.1) is 24.2 Å². The van der Waals surface area contributed by atoms with E-state index in [4.69, 9.17) is 4.74 Å². The zero-order chi connectivity index (χ0) is 18.1. The molecule has 0 bridgehead atoms. The standard InChI is InChI=1S/C19H18N6O/c1-13-10-14(2)25(23-13)18-11-15(26-3)4-5-16(18)17-6-7-19(22-21-17)24-9-8-20-12-24/h4-12H,1-3H3. The van der Waals surface area contributed by atoms with Gasteiger partial charge >= 0.3 is 0 Å². The molecule has 3 heterocycles. The van der Waals surface area contributed by atoms with Gasteiger partial charge in [0.15, 0.2) is 5.82 Å². The van der Waals surface area contributed by atoms with Crippen molar-refractivity contribution in [2.45, 2.75) is 13.8 Å². The predicted molar refractivity (Wildman–Crippen MR) is 97.7 cm³/mol. The number of hydrogen-bond donors (Lipinski definition) is 0. The molecule has 26 heavy (non-hydrogen) atoms. The molecule has 3 aromatic heterocycles. The first kappa shape index (κ1) is 16.0. The fourth-order valence-electron chi connectivity index (χ4n) is 2.90. The fourth-order valence-corrected chi connectivity index (χ4v) is 2.90. The third-order valence-electron chi connectivity index (χ3n) is 4.14. The van der Waals surface area contributed by atoms with Crippen LogP contribution in [0, 0.1) is 13.8 Å². The van der Waals surface area contributed by atoms with E-state index in [0.29, 0.717) is 5.82 Å². The van der Waals surface area contributed by atoms with E-state index in [-0.39, 0.29) is 0 Å². The molecule has 7 nitrogen and oxygen atoms in total. The van der Waals surface area contributed by atoms with Crippen LogP contribution in [0.15, 0.2) is 55.1 Å². The minimum Gasteiger partial charge on any atom is -0.497 e. The van der Waals surface area contributed by atoms with E-state index in [0.717, 1.165) is 34.1 Å². The SMILES string of the molecule is COc1ccc(-c2ccc(-n3ccnc3)nn2)c(-n2nc(C)cc2C)c1. The van der Waals surface area contributed by atoms with Gasteiger partial charge in [0.2, 0.25) is 0 Å². The van der Waals surface area contributed by atoms with Crippen LogP contribution in [-0.2, 0) is 0 Å². The van der Waals surface area contributed by atoms with Gasteiger partial charge in [-0.2, -0.15) is 5.10 Å². The molecule has 7 heteroatoms. The molecule has 130 valence electrons. The number of imidazole rings is 1. The summed E-state index contributed by atoms with van der Waals surface area (Å²) in [6, 6.07) is 11.7. The molecule has 0 saturated heterocycles. The van der Waals surface area contributed by atoms with Crippen molar-refractivity contribution in [2.24, 2.45) is 0 Å². The molecule has 0 radical (unpaired) electrons. The number of benzene rings is 1. The molecule has 0 spiro atoms. The first-order valence-corrected chi connectivity index (χ1v) is 8.20. The van der Waals surface area contributed by atoms with E-state index in [9.17, 15) is 0 Å². The number of hydrogen-bond acceptors (Lipinski definition) is 5. The van der Waals surface area contributed by atoms with Gasteiger partial charge in [-0.3, -0.25) is 4.57 Å². The summed E-state index contributed by atoms with van der Waals surface area (Å²) in [7, 11) is 1.65. The number of aryl methyl sites for hydroxylation is 2. The summed E-state index contributed by atoms with van der Waals surface area (Å²) in [6.45, 7) is 4.00. The molecule has 0 unspecified atom stereocenters. The van der Waals surface area contributed by atoms with Gasteiger partial charge < -0.3 is 4.74 Å². The Morgan fingerprint density at radius 1 is 1.00 bits per heavy atom. The van der Waals surface area contributed by atoms with Gasteiger partial charge in [-0.05, 0) is 44.2 Å². The lowest BCUT2D eigenvalue weighted by Crippen LogP contribution is -2.04. The van der Waals surface area contributed by atoms with Crippen molar-refractivity contribution in [3.63, 3.8) is 0 Å². The van der Waals surface area contributed by atoms with E-state index in [1.54, 1.807) is 19.6 Å². The molecular weight excluding hydrogens is 328 g/mol. The van der Waals surface area contributed by atoms with Crippen LogP contribution in [0.3, 0.4) is 0 Å². The van der Waals surface area contributed by atoms with Crippen LogP contribution in [0.5, 0.6) is 5.75 Å². The first-order chi connectivity index (χ1) is 12.7. The maximum Gasteiger partial charge on any atom is 0.160 e. The highest BCUT2D eigenvalue weighted by Gasteiger charge is 2.14. The molecule has 0 aliphatic carbocycles. The molecule has 0 N–H and O–H groups in total. The third kappa shape index (κ3) is 2.83. The number of methoxy groups -OCH3 is 1. The van der Waals surface area contributed by atoms with Gasteiger partial charge in [-0.1, -0.05) is 0 Å². The Hall–Kier alpha value is -3.48. The van der Waals surface area contributed by atoms with Crippen molar-refractivity contribution >= 4 is 0 Å². The van der Waals surface area contributed by atoms with E-state index in [1.165, 1.54) is 0 Å². The molecule has 0 aliphatic heterocycles. The van der Waals surface area contributed by atoms with Gasteiger partial charge in [-0.25, -0.2) is 9.67 Å². The first-order valence-electron chi connectivity index (χ1n) is 8.20. The van der Waals surface area contributed by atoms with E-state index in [1.807, 2.05) is 65.7 Å². The molecule has 0 saturated carbocycles. The van der Waals surface area contributed by atoms with Gasteiger partial charge in [0.25, 0.3) is 0 Å². The van der Waals surface area contributed by atoms with Crippen molar-refractivity contribution in [3.8, 4) is 28.5 Å². The summed E-state index contributed by atoms with van der Waals surface area (Å²) >= 11 is 0. The van der Waals surface area contributed by atoms with Crippen LogP contribution >= 0.6 is 0 Å². The molecule has 0 amide bonds. The van der Waals surface area contributed by atoms with Crippen molar-refractivity contribution < 1.29 is 4.74 Å². The number of ether oxygens (including phenoxy) is 1. The topological polar surface area (TPSA) is 70.7 Å². The minimum absolute atomic E-state index is 0.715. The summed E-state index contributed by atoms with van der Waals surface area (Å²) in [5.74, 6) is 1.48. The Bertz CT molecular complexity index is 1030. The average Bonchev–Trinajstić information content (AvgIpc) is 3.31. The van der Waals surface area contributed by atoms with Crippen molar-refractivity contribution in [1.29, 1.82) is 0 Å². The van der Waals surface area contributed by atoms with Gasteiger partial charge in [-0.15, -0.1) is 10.2 Å². The predicted octanol–water partition coefficient (Wildman–Crippen LogP) is 3.14. The average molecular weight is 346 g/mol. The second kappa shape index (κ2) is 6.44. The zero-order valence-electron chi connectivity index (χ0n) is 14.8. The minimum atomic E-state index is 0.715. The van der Waals surface area contributed by atoms with E-state index < -0.39 is 0 Å². The van der Waals surface area contributed by atoms with Crippen LogP contribution < -0.4 is 4.74 Å². The van der Waals surface area contributed by atoms with Crippen molar-refractivity contribution in [2.75, 3.05) is 7.11 Å². The highest BCUT2D eigenvalue weighted by molar-refractivity contribution is 5.71. The van der Waals surface area contributed by atoms with Crippen LogP contribution in [0.4, 0.5) is 0 Å². The third-order valence-corrected chi connectivity index (χ3v) is 4.14. The lowest BCUT2D eigenvalue weighted by molar-refractivity contribution is 0.414. The molecule has 1 aromatic carbocycles. The van der Waals surface area contributed by atoms with Crippen LogP contribution in [0.1, 0.15) is 11.4 Å². The second-order valence-electron chi connectivity index (χ2n) is 5.97. The molecule has 0 fully saturated rings. The molecular formula is C19H18N6O. The summed E-state index contributed by atoms with van der Waals surface area (Å²) in [6.07, 6.45) is 5.23. The van der Waals surface area contributed by atoms with Crippen LogP contribution in [-0.4, -0.2) is 36.6 Å². The van der Waals surface area contributed by atoms with Crippen LogP contribution in [0.25, 0.3) is 22.8 Å². The quantitative estimate of drug-likeness (QED) is 0.568. The van der Waals surface area contributed by atoms with Crippen LogP contribution in [0.2, 0.25) is 0 Å². The maximum atomic E-state index is 5.39. The van der Waals surface area contributed by atoms with Crippen molar-refractivity contribution in [1.82, 2.24) is 29.5 Å². The number of rotatable bonds is 4. The largest absolute Gasteiger partial charge is 0.497 e. The summed E-state index contributed by atoms with van der Waals surface area (Å²) in [5, 5.41) is 13.3. The highest BCUT2D eigenvalue weighted by Crippen LogP contribution is 2.29. The lowest BCUT2D eigenvalue weighted by atomic mass is 10.1. The Kier molecular flexibility index (Phi) is 3.96. The summed E-state index contributed by atoms with van der Waals surface area (Å²) in [5.41, 5.74) is 4.60. The van der Waals surface area contributed by atoms with E-state index >= 15 is 0 Å². The van der Waals surface area contributed by atoms with E-state index in [2.05, 4.69) is 20.3 Å². The molecule has 0 atom stereocenters. The number of nitrogens with zero attached hydrogens (tertiary/aromatic N) is 6. The Morgan fingerprint density at radius 3 is 2.50 bits per heavy atom. The Morgan fingerprint density at radius 2 is 1.88 bits per heavy atom. The smallest absolute Gasteiger partial charge is 0.160 e. The Labute approximate surface area is 150 Å². The lowest BCUT2D eigenvalue weighted by Gasteiger charge is -2.13. The van der Waals surface area contributed by atoms with Gasteiger partial charge in [0.1, 0.15) is 12.1 Å².